The van der Waals surface area contributed by atoms with E-state index in [0.29, 0.717) is 39.8 Å². The summed E-state index contributed by atoms with van der Waals surface area (Å²) in [7, 11) is 1.62. The average molecular weight is 429 g/mol. The lowest BCUT2D eigenvalue weighted by Crippen LogP contribution is -2.27. The molecule has 1 aromatic heterocycles. The van der Waals surface area contributed by atoms with Crippen LogP contribution in [0.4, 0.5) is 16.2 Å². The van der Waals surface area contributed by atoms with Gasteiger partial charge in [0.05, 0.1) is 17.6 Å². The minimum atomic E-state index is -0.443. The van der Waals surface area contributed by atoms with Gasteiger partial charge < -0.3 is 14.6 Å². The fourth-order valence-electron chi connectivity index (χ4n) is 3.69. The van der Waals surface area contributed by atoms with Gasteiger partial charge in [-0.15, -0.1) is 0 Å². The standard InChI is InChI=1S/C25H23N3O4/c1-3-32-25(31)27(2)18-14-12-17(13-15-18)26-23(29)16-28-21-10-6-4-8-19(21)24(30)20-9-5-7-11-22(20)28/h4-15H,3,16H2,1-2H3,(H,26,29). The van der Waals surface area contributed by atoms with Gasteiger partial charge in [0.15, 0.2) is 5.43 Å². The van der Waals surface area contributed by atoms with Gasteiger partial charge >= 0.3 is 6.09 Å². The predicted octanol–water partition coefficient (Wildman–Crippen LogP) is 4.39. The molecule has 7 heteroatoms. The third-order valence-electron chi connectivity index (χ3n) is 5.26. The summed E-state index contributed by atoms with van der Waals surface area (Å²) >= 11 is 0. The third kappa shape index (κ3) is 4.05. The zero-order valence-electron chi connectivity index (χ0n) is 17.9. The molecule has 7 nitrogen and oxygen atoms in total. The number of amides is 2. The summed E-state index contributed by atoms with van der Waals surface area (Å²) in [6, 6.07) is 21.5. The number of carbonyl (C=O) groups is 2. The van der Waals surface area contributed by atoms with E-state index < -0.39 is 6.09 Å². The number of ether oxygens (including phenoxy) is 1. The van der Waals surface area contributed by atoms with Crippen molar-refractivity contribution in [1.29, 1.82) is 0 Å². The molecule has 0 saturated heterocycles. The number of rotatable bonds is 5. The first-order chi connectivity index (χ1) is 15.5. The molecule has 0 unspecified atom stereocenters. The van der Waals surface area contributed by atoms with Crippen LogP contribution in [0.3, 0.4) is 0 Å². The minimum absolute atomic E-state index is 0.0471. The van der Waals surface area contributed by atoms with Gasteiger partial charge in [0, 0.05) is 29.2 Å². The maximum atomic E-state index is 12.9. The first kappa shape index (κ1) is 21.1. The van der Waals surface area contributed by atoms with Crippen molar-refractivity contribution in [3.63, 3.8) is 0 Å². The second kappa shape index (κ2) is 8.93. The van der Waals surface area contributed by atoms with Crippen LogP contribution < -0.4 is 15.6 Å². The van der Waals surface area contributed by atoms with E-state index in [-0.39, 0.29) is 17.9 Å². The van der Waals surface area contributed by atoms with Crippen LogP contribution in [0.5, 0.6) is 0 Å². The number of benzene rings is 3. The summed E-state index contributed by atoms with van der Waals surface area (Å²) < 4.78 is 6.84. The van der Waals surface area contributed by atoms with E-state index in [1.165, 1.54) is 4.90 Å². The van der Waals surface area contributed by atoms with Crippen LogP contribution >= 0.6 is 0 Å². The van der Waals surface area contributed by atoms with Gasteiger partial charge in [-0.3, -0.25) is 14.5 Å². The molecule has 2 amide bonds. The fourth-order valence-corrected chi connectivity index (χ4v) is 3.69. The van der Waals surface area contributed by atoms with Crippen molar-refractivity contribution in [2.45, 2.75) is 13.5 Å². The monoisotopic (exact) mass is 429 g/mol. The van der Waals surface area contributed by atoms with Crippen LogP contribution in [0.2, 0.25) is 0 Å². The van der Waals surface area contributed by atoms with Crippen LogP contribution in [-0.2, 0) is 16.1 Å². The van der Waals surface area contributed by atoms with E-state index in [2.05, 4.69) is 5.32 Å². The van der Waals surface area contributed by atoms with Gasteiger partial charge in [-0.25, -0.2) is 4.79 Å². The normalized spacial score (nSPS) is 10.8. The first-order valence-corrected chi connectivity index (χ1v) is 10.3. The number of anilines is 2. The Hall–Kier alpha value is -4.13. The molecule has 0 aliphatic rings. The number of para-hydroxylation sites is 2. The highest BCUT2D eigenvalue weighted by molar-refractivity contribution is 5.97. The van der Waals surface area contributed by atoms with Crippen molar-refractivity contribution in [1.82, 2.24) is 4.57 Å². The molecule has 0 aliphatic carbocycles. The molecular formula is C25H23N3O4. The molecule has 4 aromatic rings. The number of carbonyl (C=O) groups excluding carboxylic acids is 2. The average Bonchev–Trinajstić information content (AvgIpc) is 2.82. The summed E-state index contributed by atoms with van der Waals surface area (Å²) in [5.41, 5.74) is 2.62. The lowest BCUT2D eigenvalue weighted by Gasteiger charge is -2.17. The number of nitrogens with one attached hydrogen (secondary N) is 1. The predicted molar refractivity (Wildman–Crippen MR) is 126 cm³/mol. The van der Waals surface area contributed by atoms with E-state index in [0.717, 1.165) is 0 Å². The van der Waals surface area contributed by atoms with Crippen molar-refractivity contribution in [3.8, 4) is 0 Å². The molecule has 0 radical (unpaired) electrons. The van der Waals surface area contributed by atoms with Crippen molar-refractivity contribution in [2.75, 3.05) is 23.9 Å². The lowest BCUT2D eigenvalue weighted by atomic mass is 10.1. The number of hydrogen-bond donors (Lipinski definition) is 1. The van der Waals surface area contributed by atoms with Gasteiger partial charge in [-0.2, -0.15) is 0 Å². The van der Waals surface area contributed by atoms with Gasteiger partial charge in [0.1, 0.15) is 6.54 Å². The maximum Gasteiger partial charge on any atom is 0.413 e. The Bertz CT molecular complexity index is 1300. The number of hydrogen-bond acceptors (Lipinski definition) is 4. The van der Waals surface area contributed by atoms with Crippen molar-refractivity contribution in [3.05, 3.63) is 83.0 Å². The molecular weight excluding hydrogens is 406 g/mol. The summed E-state index contributed by atoms with van der Waals surface area (Å²) in [6.45, 7) is 2.09. The maximum absolute atomic E-state index is 12.9. The Morgan fingerprint density at radius 3 is 2.03 bits per heavy atom. The van der Waals surface area contributed by atoms with Gasteiger partial charge in [-0.1, -0.05) is 24.3 Å². The highest BCUT2D eigenvalue weighted by atomic mass is 16.6. The summed E-state index contributed by atoms with van der Waals surface area (Å²) in [4.78, 5) is 39.0. The molecule has 0 bridgehead atoms. The quantitative estimate of drug-likeness (QED) is 0.477. The molecule has 1 heterocycles. The van der Waals surface area contributed by atoms with Gasteiger partial charge in [-0.05, 0) is 55.5 Å². The Morgan fingerprint density at radius 1 is 0.906 bits per heavy atom. The molecule has 0 spiro atoms. The Morgan fingerprint density at radius 2 is 1.47 bits per heavy atom. The molecule has 0 saturated carbocycles. The first-order valence-electron chi connectivity index (χ1n) is 10.3. The highest BCUT2D eigenvalue weighted by Crippen LogP contribution is 2.20. The summed E-state index contributed by atoms with van der Waals surface area (Å²) in [5.74, 6) is -0.226. The summed E-state index contributed by atoms with van der Waals surface area (Å²) in [6.07, 6.45) is -0.443. The number of fused-ring (bicyclic) bond motifs is 2. The van der Waals surface area contributed by atoms with E-state index in [9.17, 15) is 14.4 Å². The second-order valence-electron chi connectivity index (χ2n) is 7.30. The molecule has 3 aromatic carbocycles. The molecule has 162 valence electrons. The second-order valence-corrected chi connectivity index (χ2v) is 7.30. The van der Waals surface area contributed by atoms with E-state index >= 15 is 0 Å². The van der Waals surface area contributed by atoms with Crippen LogP contribution in [0.1, 0.15) is 6.92 Å². The van der Waals surface area contributed by atoms with Crippen molar-refractivity contribution >= 4 is 45.2 Å². The molecule has 0 fully saturated rings. The number of nitrogens with zero attached hydrogens (tertiary/aromatic N) is 2. The highest BCUT2D eigenvalue weighted by Gasteiger charge is 2.14. The number of aromatic nitrogens is 1. The largest absolute Gasteiger partial charge is 0.449 e. The van der Waals surface area contributed by atoms with E-state index in [4.69, 9.17) is 4.74 Å². The van der Waals surface area contributed by atoms with Gasteiger partial charge in [0.25, 0.3) is 0 Å². The zero-order chi connectivity index (χ0) is 22.7. The van der Waals surface area contributed by atoms with Crippen LogP contribution in [0.15, 0.2) is 77.6 Å². The van der Waals surface area contributed by atoms with E-state index in [1.54, 1.807) is 50.4 Å². The zero-order valence-corrected chi connectivity index (χ0v) is 17.9. The molecule has 32 heavy (non-hydrogen) atoms. The third-order valence-corrected chi connectivity index (χ3v) is 5.26. The topological polar surface area (TPSA) is 80.6 Å². The van der Waals surface area contributed by atoms with E-state index in [1.807, 2.05) is 41.0 Å². The Kier molecular flexibility index (Phi) is 5.89. The Balaban J connectivity index is 1.59. The molecule has 1 N–H and O–H groups in total. The lowest BCUT2D eigenvalue weighted by molar-refractivity contribution is -0.116. The minimum Gasteiger partial charge on any atom is -0.449 e. The van der Waals surface area contributed by atoms with Crippen molar-refractivity contribution in [2.24, 2.45) is 0 Å². The molecule has 0 aliphatic heterocycles. The van der Waals surface area contributed by atoms with Crippen LogP contribution in [0.25, 0.3) is 21.8 Å². The molecule has 0 atom stereocenters. The number of pyridine rings is 1. The molecule has 4 rings (SSSR count). The van der Waals surface area contributed by atoms with Crippen LogP contribution in [0, 0.1) is 0 Å². The van der Waals surface area contributed by atoms with Gasteiger partial charge in [0.2, 0.25) is 5.91 Å². The Labute approximate surface area is 184 Å². The fraction of sp³-hybridized carbons (Fsp3) is 0.160. The SMILES string of the molecule is CCOC(=O)N(C)c1ccc(NC(=O)Cn2c3ccccc3c(=O)c3ccccc32)cc1. The van der Waals surface area contributed by atoms with Crippen molar-refractivity contribution < 1.29 is 14.3 Å². The van der Waals surface area contributed by atoms with Crippen LogP contribution in [-0.4, -0.2) is 30.2 Å². The smallest absolute Gasteiger partial charge is 0.413 e. The summed E-state index contributed by atoms with van der Waals surface area (Å²) in [5, 5.41) is 4.03.